The topological polar surface area (TPSA) is 61.8 Å². The molecule has 5 nitrogen and oxygen atoms in total. The van der Waals surface area contributed by atoms with E-state index in [1.807, 2.05) is 18.2 Å². The third-order valence-corrected chi connectivity index (χ3v) is 5.05. The summed E-state index contributed by atoms with van der Waals surface area (Å²) in [6.45, 7) is 2.90. The zero-order valence-corrected chi connectivity index (χ0v) is 15.0. The smallest absolute Gasteiger partial charge is 0.317 e. The average molecular weight is 334 g/mol. The number of amides is 2. The van der Waals surface area contributed by atoms with Crippen molar-refractivity contribution in [2.75, 3.05) is 27.2 Å². The van der Waals surface area contributed by atoms with Gasteiger partial charge in [-0.05, 0) is 32.3 Å². The van der Waals surface area contributed by atoms with Crippen molar-refractivity contribution in [3.05, 3.63) is 29.8 Å². The molecule has 1 aliphatic carbocycles. The zero-order valence-electron chi connectivity index (χ0n) is 15.0. The molecule has 0 heterocycles. The molecule has 1 aliphatic rings. The number of carbonyl (C=O) groups is 1. The predicted octanol–water partition coefficient (Wildman–Crippen LogP) is 2.92. The highest BCUT2D eigenvalue weighted by molar-refractivity contribution is 5.74. The third-order valence-electron chi connectivity index (χ3n) is 5.05. The molecule has 24 heavy (non-hydrogen) atoms. The summed E-state index contributed by atoms with van der Waals surface area (Å²) in [4.78, 5) is 14.0. The van der Waals surface area contributed by atoms with Gasteiger partial charge in [-0.3, -0.25) is 0 Å². The second-order valence-electron chi connectivity index (χ2n) is 6.91. The first-order valence-corrected chi connectivity index (χ1v) is 8.79. The fourth-order valence-corrected chi connectivity index (χ4v) is 3.54. The molecule has 1 fully saturated rings. The Labute approximate surface area is 145 Å². The number of methoxy groups -OCH3 is 1. The highest BCUT2D eigenvalue weighted by Gasteiger charge is 2.38. The van der Waals surface area contributed by atoms with Crippen LogP contribution in [0.15, 0.2) is 24.3 Å². The molecular weight excluding hydrogens is 304 g/mol. The molecule has 1 aromatic rings. The molecule has 1 aromatic carbocycles. The summed E-state index contributed by atoms with van der Waals surface area (Å²) < 4.78 is 5.55. The molecule has 2 N–H and O–H groups in total. The maximum atomic E-state index is 12.3. The predicted molar refractivity (Wildman–Crippen MR) is 95.5 cm³/mol. The van der Waals surface area contributed by atoms with Crippen LogP contribution in [0.4, 0.5) is 4.79 Å². The first-order chi connectivity index (χ1) is 11.5. The van der Waals surface area contributed by atoms with Gasteiger partial charge < -0.3 is 20.1 Å². The van der Waals surface area contributed by atoms with E-state index in [1.165, 1.54) is 18.4 Å². The number of hydrogen-bond donors (Lipinski definition) is 2. The molecule has 0 aromatic heterocycles. The van der Waals surface area contributed by atoms with Crippen LogP contribution in [0.3, 0.4) is 0 Å². The number of urea groups is 1. The number of rotatable bonds is 7. The summed E-state index contributed by atoms with van der Waals surface area (Å²) in [6, 6.07) is 8.04. The molecule has 0 spiro atoms. The monoisotopic (exact) mass is 334 g/mol. The van der Waals surface area contributed by atoms with Gasteiger partial charge in [0.05, 0.1) is 13.2 Å². The van der Waals surface area contributed by atoms with Crippen molar-refractivity contribution in [1.82, 2.24) is 10.2 Å². The highest BCUT2D eigenvalue weighted by Crippen LogP contribution is 2.44. The molecule has 1 saturated carbocycles. The molecule has 0 aliphatic heterocycles. The van der Waals surface area contributed by atoms with Gasteiger partial charge in [0.2, 0.25) is 0 Å². The van der Waals surface area contributed by atoms with Gasteiger partial charge >= 0.3 is 6.03 Å². The number of nitrogens with zero attached hydrogens (tertiary/aromatic N) is 1. The lowest BCUT2D eigenvalue weighted by atomic mass is 9.78. The standard InChI is InChI=1S/C19H30N2O3/c1-15(22)10-13-21(2)18(23)20-14-19(11-6-7-12-19)16-8-4-5-9-17(16)24-3/h4-5,8-9,15,22H,6-7,10-14H2,1-3H3,(H,20,23). The molecule has 2 rings (SSSR count). The van der Waals surface area contributed by atoms with Crippen molar-refractivity contribution < 1.29 is 14.6 Å². The molecule has 0 saturated heterocycles. The van der Waals surface area contributed by atoms with Gasteiger partial charge in [-0.25, -0.2) is 4.79 Å². The van der Waals surface area contributed by atoms with Crippen molar-refractivity contribution >= 4 is 6.03 Å². The Bertz CT molecular complexity index is 539. The number of aliphatic hydroxyl groups is 1. The van der Waals surface area contributed by atoms with Crippen LogP contribution >= 0.6 is 0 Å². The number of nitrogens with one attached hydrogen (secondary N) is 1. The molecule has 5 heteroatoms. The molecule has 1 unspecified atom stereocenters. The Morgan fingerprint density at radius 2 is 2.04 bits per heavy atom. The van der Waals surface area contributed by atoms with E-state index < -0.39 is 6.10 Å². The molecule has 2 amide bonds. The van der Waals surface area contributed by atoms with E-state index in [1.54, 1.807) is 26.0 Å². The van der Waals surface area contributed by atoms with Gasteiger partial charge in [0, 0.05) is 31.1 Å². The average Bonchev–Trinajstić information content (AvgIpc) is 3.07. The minimum Gasteiger partial charge on any atom is -0.496 e. The summed E-state index contributed by atoms with van der Waals surface area (Å²) >= 11 is 0. The number of hydrogen-bond acceptors (Lipinski definition) is 3. The highest BCUT2D eigenvalue weighted by atomic mass is 16.5. The third kappa shape index (κ3) is 4.41. The SMILES string of the molecule is COc1ccccc1C1(CNC(=O)N(C)CCC(C)O)CCCC1. The number of ether oxygens (including phenoxy) is 1. The number of benzene rings is 1. The normalized spacial score (nSPS) is 17.3. The van der Waals surface area contributed by atoms with E-state index in [0.29, 0.717) is 19.5 Å². The lowest BCUT2D eigenvalue weighted by Gasteiger charge is -2.32. The lowest BCUT2D eigenvalue weighted by Crippen LogP contribution is -2.45. The van der Waals surface area contributed by atoms with E-state index >= 15 is 0 Å². The van der Waals surface area contributed by atoms with Crippen LogP contribution < -0.4 is 10.1 Å². The minimum atomic E-state index is -0.394. The molecular formula is C19H30N2O3. The lowest BCUT2D eigenvalue weighted by molar-refractivity contribution is 0.162. The van der Waals surface area contributed by atoms with Crippen molar-refractivity contribution in [1.29, 1.82) is 0 Å². The molecule has 0 radical (unpaired) electrons. The maximum Gasteiger partial charge on any atom is 0.317 e. The first kappa shape index (κ1) is 18.6. The van der Waals surface area contributed by atoms with E-state index in [4.69, 9.17) is 4.74 Å². The summed E-state index contributed by atoms with van der Waals surface area (Å²) in [5.74, 6) is 0.899. The number of aliphatic hydroxyl groups excluding tert-OH is 1. The van der Waals surface area contributed by atoms with Gasteiger partial charge in [-0.15, -0.1) is 0 Å². The number of para-hydroxylation sites is 1. The minimum absolute atomic E-state index is 0.0482. The summed E-state index contributed by atoms with van der Waals surface area (Å²) in [5, 5.41) is 12.4. The van der Waals surface area contributed by atoms with Gasteiger partial charge in [0.25, 0.3) is 0 Å². The van der Waals surface area contributed by atoms with Crippen molar-refractivity contribution in [2.24, 2.45) is 0 Å². The van der Waals surface area contributed by atoms with Crippen LogP contribution in [0.2, 0.25) is 0 Å². The van der Waals surface area contributed by atoms with Crippen LogP contribution in [0, 0.1) is 0 Å². The maximum absolute atomic E-state index is 12.3. The second-order valence-corrected chi connectivity index (χ2v) is 6.91. The first-order valence-electron chi connectivity index (χ1n) is 8.79. The van der Waals surface area contributed by atoms with Crippen LogP contribution in [-0.4, -0.2) is 49.4 Å². The summed E-state index contributed by atoms with van der Waals surface area (Å²) in [7, 11) is 3.46. The van der Waals surface area contributed by atoms with Crippen LogP contribution in [0.25, 0.3) is 0 Å². The van der Waals surface area contributed by atoms with Crippen molar-refractivity contribution in [3.8, 4) is 5.75 Å². The second kappa shape index (κ2) is 8.38. The van der Waals surface area contributed by atoms with E-state index in [0.717, 1.165) is 18.6 Å². The van der Waals surface area contributed by atoms with Crippen molar-refractivity contribution in [3.63, 3.8) is 0 Å². The Kier molecular flexibility index (Phi) is 6.49. The van der Waals surface area contributed by atoms with Crippen molar-refractivity contribution in [2.45, 2.75) is 50.5 Å². The van der Waals surface area contributed by atoms with E-state index in [-0.39, 0.29) is 11.4 Å². The van der Waals surface area contributed by atoms with Gasteiger partial charge in [-0.1, -0.05) is 31.0 Å². The fourth-order valence-electron chi connectivity index (χ4n) is 3.54. The Balaban J connectivity index is 2.05. The van der Waals surface area contributed by atoms with Crippen LogP contribution in [-0.2, 0) is 5.41 Å². The quantitative estimate of drug-likeness (QED) is 0.806. The fraction of sp³-hybridized carbons (Fsp3) is 0.632. The zero-order chi connectivity index (χ0) is 17.6. The van der Waals surface area contributed by atoms with E-state index in [9.17, 15) is 9.90 Å². The molecule has 1 atom stereocenters. The Morgan fingerprint density at radius 1 is 1.38 bits per heavy atom. The largest absolute Gasteiger partial charge is 0.496 e. The van der Waals surface area contributed by atoms with E-state index in [2.05, 4.69) is 11.4 Å². The molecule has 0 bridgehead atoms. The van der Waals surface area contributed by atoms with Gasteiger partial charge in [0.15, 0.2) is 0 Å². The van der Waals surface area contributed by atoms with Crippen LogP contribution in [0.1, 0.15) is 44.6 Å². The Hall–Kier alpha value is -1.75. The summed E-state index contributed by atoms with van der Waals surface area (Å²) in [5.41, 5.74) is 1.14. The van der Waals surface area contributed by atoms with Gasteiger partial charge in [-0.2, -0.15) is 0 Å². The Morgan fingerprint density at radius 3 is 2.67 bits per heavy atom. The van der Waals surface area contributed by atoms with Gasteiger partial charge in [0.1, 0.15) is 5.75 Å². The summed E-state index contributed by atoms with van der Waals surface area (Å²) in [6.07, 6.45) is 4.66. The van der Waals surface area contributed by atoms with Crippen LogP contribution in [0.5, 0.6) is 5.75 Å². The number of carbonyl (C=O) groups excluding carboxylic acids is 1. The molecule has 134 valence electrons.